The SMILES string of the molecule is CCC(C)(CC)NC(=O)c1cccn1C. The first-order valence-electron chi connectivity index (χ1n) is 5.46. The summed E-state index contributed by atoms with van der Waals surface area (Å²) in [7, 11) is 1.88. The van der Waals surface area contributed by atoms with Gasteiger partial charge in [0.1, 0.15) is 5.69 Å². The van der Waals surface area contributed by atoms with Gasteiger partial charge < -0.3 is 9.88 Å². The van der Waals surface area contributed by atoms with Gasteiger partial charge in [-0.15, -0.1) is 0 Å². The standard InChI is InChI=1S/C12H20N2O/c1-5-12(3,6-2)13-11(15)10-8-7-9-14(10)4/h7-9H,5-6H2,1-4H3,(H,13,15). The zero-order valence-corrected chi connectivity index (χ0v) is 10.0. The van der Waals surface area contributed by atoms with E-state index in [4.69, 9.17) is 0 Å². The molecule has 0 fully saturated rings. The fourth-order valence-electron chi connectivity index (χ4n) is 1.46. The lowest BCUT2D eigenvalue weighted by Gasteiger charge is -2.28. The highest BCUT2D eigenvalue weighted by molar-refractivity contribution is 5.93. The first-order chi connectivity index (χ1) is 7.02. The maximum atomic E-state index is 11.9. The minimum Gasteiger partial charge on any atom is -0.347 e. The summed E-state index contributed by atoms with van der Waals surface area (Å²) < 4.78 is 1.83. The summed E-state index contributed by atoms with van der Waals surface area (Å²) in [5, 5.41) is 3.08. The van der Waals surface area contributed by atoms with Crippen LogP contribution in [0.3, 0.4) is 0 Å². The highest BCUT2D eigenvalue weighted by atomic mass is 16.2. The largest absolute Gasteiger partial charge is 0.347 e. The minimum absolute atomic E-state index is 0.00806. The third kappa shape index (κ3) is 2.61. The zero-order chi connectivity index (χ0) is 11.5. The molecule has 84 valence electrons. The number of carbonyl (C=O) groups excluding carboxylic acids is 1. The van der Waals surface area contributed by atoms with Crippen LogP contribution in [-0.2, 0) is 7.05 Å². The summed E-state index contributed by atoms with van der Waals surface area (Å²) in [5.41, 5.74) is 0.615. The molecular formula is C12H20N2O. The molecule has 0 unspecified atom stereocenters. The van der Waals surface area contributed by atoms with Gasteiger partial charge in [0, 0.05) is 18.8 Å². The van der Waals surface area contributed by atoms with Gasteiger partial charge in [-0.05, 0) is 31.9 Å². The Labute approximate surface area is 91.5 Å². The number of carbonyl (C=O) groups is 1. The van der Waals surface area contributed by atoms with Gasteiger partial charge in [-0.1, -0.05) is 13.8 Å². The highest BCUT2D eigenvalue weighted by Crippen LogP contribution is 2.14. The van der Waals surface area contributed by atoms with Crippen LogP contribution in [0.25, 0.3) is 0 Å². The average molecular weight is 208 g/mol. The Kier molecular flexibility index (Phi) is 3.56. The molecular weight excluding hydrogens is 188 g/mol. The van der Waals surface area contributed by atoms with Crippen LogP contribution in [0.1, 0.15) is 44.1 Å². The van der Waals surface area contributed by atoms with E-state index < -0.39 is 0 Å². The van der Waals surface area contributed by atoms with Crippen molar-refractivity contribution in [3.63, 3.8) is 0 Å². The van der Waals surface area contributed by atoms with Crippen LogP contribution < -0.4 is 5.32 Å². The minimum atomic E-state index is -0.0959. The van der Waals surface area contributed by atoms with Crippen molar-refractivity contribution in [3.8, 4) is 0 Å². The number of nitrogens with one attached hydrogen (secondary N) is 1. The molecule has 0 saturated carbocycles. The number of rotatable bonds is 4. The molecule has 1 aromatic heterocycles. The van der Waals surface area contributed by atoms with Crippen molar-refractivity contribution in [3.05, 3.63) is 24.0 Å². The van der Waals surface area contributed by atoms with Crippen LogP contribution in [0.4, 0.5) is 0 Å². The van der Waals surface area contributed by atoms with Crippen molar-refractivity contribution < 1.29 is 4.79 Å². The fourth-order valence-corrected chi connectivity index (χ4v) is 1.46. The maximum absolute atomic E-state index is 11.9. The quantitative estimate of drug-likeness (QED) is 0.809. The van der Waals surface area contributed by atoms with Gasteiger partial charge in [-0.2, -0.15) is 0 Å². The predicted molar refractivity (Wildman–Crippen MR) is 61.9 cm³/mol. The number of aromatic nitrogens is 1. The van der Waals surface area contributed by atoms with Gasteiger partial charge in [0.15, 0.2) is 0 Å². The summed E-state index contributed by atoms with van der Waals surface area (Å²) in [6.07, 6.45) is 3.77. The van der Waals surface area contributed by atoms with E-state index in [1.54, 1.807) is 0 Å². The molecule has 1 aromatic rings. The molecule has 0 radical (unpaired) electrons. The Hall–Kier alpha value is -1.25. The highest BCUT2D eigenvalue weighted by Gasteiger charge is 2.23. The van der Waals surface area contributed by atoms with E-state index in [1.165, 1.54) is 0 Å². The van der Waals surface area contributed by atoms with E-state index in [0.29, 0.717) is 5.69 Å². The first kappa shape index (κ1) is 11.8. The molecule has 1 N–H and O–H groups in total. The van der Waals surface area contributed by atoms with E-state index in [9.17, 15) is 4.79 Å². The average Bonchev–Trinajstić information content (AvgIpc) is 2.64. The predicted octanol–water partition coefficient (Wildman–Crippen LogP) is 2.33. The molecule has 0 aromatic carbocycles. The van der Waals surface area contributed by atoms with Gasteiger partial charge in [0.2, 0.25) is 0 Å². The summed E-state index contributed by atoms with van der Waals surface area (Å²) >= 11 is 0. The molecule has 0 aliphatic rings. The van der Waals surface area contributed by atoms with Crippen LogP contribution >= 0.6 is 0 Å². The van der Waals surface area contributed by atoms with Crippen LogP contribution in [0, 0.1) is 0 Å². The number of aryl methyl sites for hydroxylation is 1. The maximum Gasteiger partial charge on any atom is 0.268 e. The Balaban J connectivity index is 2.76. The normalized spacial score (nSPS) is 11.5. The van der Waals surface area contributed by atoms with Gasteiger partial charge in [0.05, 0.1) is 0 Å². The van der Waals surface area contributed by atoms with Crippen molar-refractivity contribution in [2.24, 2.45) is 7.05 Å². The molecule has 0 atom stereocenters. The molecule has 0 saturated heterocycles. The Morgan fingerprint density at radius 3 is 2.47 bits per heavy atom. The molecule has 3 nitrogen and oxygen atoms in total. The lowest BCUT2D eigenvalue weighted by Crippen LogP contribution is -2.45. The Bertz CT molecular complexity index is 337. The van der Waals surface area contributed by atoms with Gasteiger partial charge >= 0.3 is 0 Å². The van der Waals surface area contributed by atoms with Crippen molar-refractivity contribution in [2.45, 2.75) is 39.2 Å². The lowest BCUT2D eigenvalue weighted by molar-refractivity contribution is 0.0892. The van der Waals surface area contributed by atoms with E-state index in [-0.39, 0.29) is 11.4 Å². The number of hydrogen-bond donors (Lipinski definition) is 1. The smallest absolute Gasteiger partial charge is 0.268 e. The van der Waals surface area contributed by atoms with Crippen molar-refractivity contribution in [1.29, 1.82) is 0 Å². The number of nitrogens with zero attached hydrogens (tertiary/aromatic N) is 1. The second-order valence-corrected chi connectivity index (χ2v) is 4.23. The Morgan fingerprint density at radius 2 is 2.07 bits per heavy atom. The Morgan fingerprint density at radius 1 is 1.47 bits per heavy atom. The molecule has 0 bridgehead atoms. The molecule has 1 amide bonds. The van der Waals surface area contributed by atoms with Crippen LogP contribution in [0.2, 0.25) is 0 Å². The third-order valence-corrected chi connectivity index (χ3v) is 3.15. The van der Waals surface area contributed by atoms with E-state index in [0.717, 1.165) is 12.8 Å². The third-order valence-electron chi connectivity index (χ3n) is 3.15. The van der Waals surface area contributed by atoms with Gasteiger partial charge in [-0.3, -0.25) is 4.79 Å². The summed E-state index contributed by atoms with van der Waals surface area (Å²) in [6, 6.07) is 3.71. The second-order valence-electron chi connectivity index (χ2n) is 4.23. The monoisotopic (exact) mass is 208 g/mol. The second kappa shape index (κ2) is 4.51. The molecule has 1 rings (SSSR count). The topological polar surface area (TPSA) is 34.0 Å². The molecule has 3 heteroatoms. The van der Waals surface area contributed by atoms with Crippen LogP contribution in [0.15, 0.2) is 18.3 Å². The van der Waals surface area contributed by atoms with Crippen molar-refractivity contribution >= 4 is 5.91 Å². The van der Waals surface area contributed by atoms with E-state index >= 15 is 0 Å². The molecule has 1 heterocycles. The van der Waals surface area contributed by atoms with E-state index in [1.807, 2.05) is 29.9 Å². The summed E-state index contributed by atoms with van der Waals surface area (Å²) in [5.74, 6) is 0.00806. The first-order valence-corrected chi connectivity index (χ1v) is 5.46. The molecule has 0 spiro atoms. The van der Waals surface area contributed by atoms with Crippen molar-refractivity contribution in [1.82, 2.24) is 9.88 Å². The van der Waals surface area contributed by atoms with Gasteiger partial charge in [-0.25, -0.2) is 0 Å². The fraction of sp³-hybridized carbons (Fsp3) is 0.583. The zero-order valence-electron chi connectivity index (χ0n) is 10.0. The molecule has 0 aliphatic heterocycles. The number of hydrogen-bond acceptors (Lipinski definition) is 1. The summed E-state index contributed by atoms with van der Waals surface area (Å²) in [4.78, 5) is 11.9. The lowest BCUT2D eigenvalue weighted by atomic mass is 9.95. The molecule has 15 heavy (non-hydrogen) atoms. The van der Waals surface area contributed by atoms with Gasteiger partial charge in [0.25, 0.3) is 5.91 Å². The van der Waals surface area contributed by atoms with E-state index in [2.05, 4.69) is 26.1 Å². The summed E-state index contributed by atoms with van der Waals surface area (Å²) in [6.45, 7) is 6.26. The van der Waals surface area contributed by atoms with Crippen molar-refractivity contribution in [2.75, 3.05) is 0 Å². The van der Waals surface area contributed by atoms with Crippen LogP contribution in [-0.4, -0.2) is 16.0 Å². The van der Waals surface area contributed by atoms with Crippen LogP contribution in [0.5, 0.6) is 0 Å². The number of amides is 1. The molecule has 0 aliphatic carbocycles.